The Morgan fingerprint density at radius 2 is 2.12 bits per heavy atom. The fraction of sp³-hybridized carbons (Fsp3) is 0.611. The molecule has 0 aromatic heterocycles. The molecule has 0 spiro atoms. The number of methoxy groups -OCH3 is 1. The van der Waals surface area contributed by atoms with E-state index in [1.165, 1.54) is 6.42 Å². The molecule has 1 saturated heterocycles. The van der Waals surface area contributed by atoms with E-state index in [9.17, 15) is 4.79 Å². The quantitative estimate of drug-likeness (QED) is 0.823. The van der Waals surface area contributed by atoms with E-state index in [1.807, 2.05) is 12.1 Å². The normalized spacial score (nSPS) is 20.1. The van der Waals surface area contributed by atoms with E-state index in [0.29, 0.717) is 37.2 Å². The highest BCUT2D eigenvalue weighted by Gasteiger charge is 2.24. The molecule has 1 aromatic carbocycles. The summed E-state index contributed by atoms with van der Waals surface area (Å²) in [5.74, 6) is 1.40. The topological polar surface area (TPSA) is 72.1 Å². The Kier molecular flexibility index (Phi) is 6.36. The summed E-state index contributed by atoms with van der Waals surface area (Å²) < 4.78 is 16.4. The minimum Gasteiger partial charge on any atom is -0.490 e. The maximum absolute atomic E-state index is 12.2. The van der Waals surface area contributed by atoms with Gasteiger partial charge in [-0.25, -0.2) is 4.79 Å². The number of carbonyl (C=O) groups is 1. The Bertz CT molecular complexity index is 581. The molecule has 7 nitrogen and oxygen atoms in total. The van der Waals surface area contributed by atoms with Crippen LogP contribution in [0.2, 0.25) is 0 Å². The fourth-order valence-electron chi connectivity index (χ4n) is 3.26. The predicted molar refractivity (Wildman–Crippen MR) is 95.5 cm³/mol. The molecule has 2 heterocycles. The number of hydrogen-bond donors (Lipinski definition) is 2. The number of benzene rings is 1. The van der Waals surface area contributed by atoms with Crippen molar-refractivity contribution in [1.82, 2.24) is 10.2 Å². The molecule has 0 radical (unpaired) electrons. The van der Waals surface area contributed by atoms with E-state index >= 15 is 0 Å². The molecule has 2 amide bonds. The van der Waals surface area contributed by atoms with Gasteiger partial charge >= 0.3 is 6.03 Å². The number of nitrogens with one attached hydrogen (secondary N) is 2. The summed E-state index contributed by atoms with van der Waals surface area (Å²) in [6.45, 7) is 4.62. The Morgan fingerprint density at radius 3 is 2.96 bits per heavy atom. The number of amides is 2. The van der Waals surface area contributed by atoms with Gasteiger partial charge in [-0.3, -0.25) is 4.90 Å². The first kappa shape index (κ1) is 17.8. The molecule has 2 aliphatic heterocycles. The average Bonchev–Trinajstić information content (AvgIpc) is 2.93. The number of nitrogens with zero attached hydrogens (tertiary/aromatic N) is 1. The molecule has 1 atom stereocenters. The number of urea groups is 1. The molecule has 2 N–H and O–H groups in total. The molecule has 3 rings (SSSR count). The van der Waals surface area contributed by atoms with E-state index in [-0.39, 0.29) is 6.03 Å². The van der Waals surface area contributed by atoms with Crippen LogP contribution < -0.4 is 20.1 Å². The second kappa shape index (κ2) is 8.92. The van der Waals surface area contributed by atoms with Crippen molar-refractivity contribution < 1.29 is 19.0 Å². The Balaban J connectivity index is 1.48. The zero-order chi connectivity index (χ0) is 17.5. The second-order valence-electron chi connectivity index (χ2n) is 6.37. The third-order valence-electron chi connectivity index (χ3n) is 4.59. The molecular weight excluding hydrogens is 322 g/mol. The van der Waals surface area contributed by atoms with Crippen LogP contribution in [0.3, 0.4) is 0 Å². The van der Waals surface area contributed by atoms with Crippen LogP contribution in [0.4, 0.5) is 10.5 Å². The standard InChI is InChI=1S/C18H27N3O4/c1-23-11-8-21-7-2-4-15(21)13-19-18(22)20-14-5-6-16-17(12-14)25-10-3-9-24-16/h5-6,12,15H,2-4,7-11,13H2,1H3,(H2,19,20,22)/t15-/m1/s1. The third kappa shape index (κ3) is 4.99. The number of ether oxygens (including phenoxy) is 3. The first-order valence-corrected chi connectivity index (χ1v) is 8.94. The molecular formula is C18H27N3O4. The number of likely N-dealkylation sites (tertiary alicyclic amines) is 1. The lowest BCUT2D eigenvalue weighted by molar-refractivity contribution is 0.140. The van der Waals surface area contributed by atoms with Gasteiger partial charge in [-0.05, 0) is 31.5 Å². The van der Waals surface area contributed by atoms with Gasteiger partial charge in [-0.15, -0.1) is 0 Å². The van der Waals surface area contributed by atoms with Crippen molar-refractivity contribution in [1.29, 1.82) is 0 Å². The number of anilines is 1. The van der Waals surface area contributed by atoms with Crippen LogP contribution in [0.15, 0.2) is 18.2 Å². The molecule has 0 saturated carbocycles. The number of hydrogen-bond acceptors (Lipinski definition) is 5. The predicted octanol–water partition coefficient (Wildman–Crippen LogP) is 2.08. The van der Waals surface area contributed by atoms with Crippen molar-refractivity contribution >= 4 is 11.7 Å². The molecule has 0 unspecified atom stereocenters. The van der Waals surface area contributed by atoms with E-state index in [1.54, 1.807) is 13.2 Å². The third-order valence-corrected chi connectivity index (χ3v) is 4.59. The van der Waals surface area contributed by atoms with E-state index in [4.69, 9.17) is 14.2 Å². The molecule has 1 fully saturated rings. The summed E-state index contributed by atoms with van der Waals surface area (Å²) in [4.78, 5) is 14.6. The zero-order valence-corrected chi connectivity index (χ0v) is 14.8. The van der Waals surface area contributed by atoms with Crippen LogP contribution in [0.5, 0.6) is 11.5 Å². The van der Waals surface area contributed by atoms with Gasteiger partial charge in [-0.1, -0.05) is 0 Å². The van der Waals surface area contributed by atoms with Crippen LogP contribution in [0, 0.1) is 0 Å². The van der Waals surface area contributed by atoms with Gasteiger partial charge in [0.05, 0.1) is 19.8 Å². The summed E-state index contributed by atoms with van der Waals surface area (Å²) in [5.41, 5.74) is 0.699. The van der Waals surface area contributed by atoms with Crippen molar-refractivity contribution in [3.05, 3.63) is 18.2 Å². The molecule has 25 heavy (non-hydrogen) atoms. The first-order chi connectivity index (χ1) is 12.3. The highest BCUT2D eigenvalue weighted by molar-refractivity contribution is 5.89. The molecule has 1 aromatic rings. The molecule has 0 aliphatic carbocycles. The average molecular weight is 349 g/mol. The van der Waals surface area contributed by atoms with E-state index in [0.717, 1.165) is 38.3 Å². The highest BCUT2D eigenvalue weighted by atomic mass is 16.5. The van der Waals surface area contributed by atoms with Gasteiger partial charge in [0.15, 0.2) is 11.5 Å². The van der Waals surface area contributed by atoms with Gasteiger partial charge in [0.25, 0.3) is 0 Å². The summed E-state index contributed by atoms with van der Waals surface area (Å²) in [6.07, 6.45) is 3.13. The SMILES string of the molecule is COCCN1CCC[C@@H]1CNC(=O)Nc1ccc2c(c1)OCCCO2. The van der Waals surface area contributed by atoms with Crippen molar-refractivity contribution in [2.75, 3.05) is 51.9 Å². The largest absolute Gasteiger partial charge is 0.490 e. The number of fused-ring (bicyclic) bond motifs is 1. The molecule has 2 aliphatic rings. The molecule has 138 valence electrons. The summed E-state index contributed by atoms with van der Waals surface area (Å²) in [7, 11) is 1.71. The second-order valence-corrected chi connectivity index (χ2v) is 6.37. The lowest BCUT2D eigenvalue weighted by Crippen LogP contribution is -2.42. The smallest absolute Gasteiger partial charge is 0.319 e. The van der Waals surface area contributed by atoms with Crippen LogP contribution in [0.25, 0.3) is 0 Å². The maximum Gasteiger partial charge on any atom is 0.319 e. The van der Waals surface area contributed by atoms with Crippen LogP contribution >= 0.6 is 0 Å². The van der Waals surface area contributed by atoms with Crippen molar-refractivity contribution in [3.8, 4) is 11.5 Å². The van der Waals surface area contributed by atoms with Crippen LogP contribution in [-0.2, 0) is 4.74 Å². The lowest BCUT2D eigenvalue weighted by atomic mass is 10.2. The monoisotopic (exact) mass is 349 g/mol. The molecule has 7 heteroatoms. The van der Waals surface area contributed by atoms with Gasteiger partial charge in [0, 0.05) is 44.4 Å². The highest BCUT2D eigenvalue weighted by Crippen LogP contribution is 2.32. The van der Waals surface area contributed by atoms with Crippen molar-refractivity contribution in [2.45, 2.75) is 25.3 Å². The van der Waals surface area contributed by atoms with Gasteiger partial charge in [-0.2, -0.15) is 0 Å². The Labute approximate surface area is 148 Å². The minimum absolute atomic E-state index is 0.201. The maximum atomic E-state index is 12.2. The number of rotatable bonds is 6. The first-order valence-electron chi connectivity index (χ1n) is 8.94. The van der Waals surface area contributed by atoms with Crippen LogP contribution in [-0.4, -0.2) is 63.5 Å². The van der Waals surface area contributed by atoms with Crippen molar-refractivity contribution in [3.63, 3.8) is 0 Å². The van der Waals surface area contributed by atoms with E-state index in [2.05, 4.69) is 15.5 Å². The zero-order valence-electron chi connectivity index (χ0n) is 14.8. The molecule has 0 bridgehead atoms. The van der Waals surface area contributed by atoms with Crippen LogP contribution in [0.1, 0.15) is 19.3 Å². The van der Waals surface area contributed by atoms with Gasteiger partial charge in [0.2, 0.25) is 0 Å². The lowest BCUT2D eigenvalue weighted by Gasteiger charge is -2.24. The minimum atomic E-state index is -0.201. The van der Waals surface area contributed by atoms with Gasteiger partial charge in [0.1, 0.15) is 0 Å². The Hall–Kier alpha value is -1.99. The number of carbonyl (C=O) groups excluding carboxylic acids is 1. The van der Waals surface area contributed by atoms with E-state index < -0.39 is 0 Å². The summed E-state index contributed by atoms with van der Waals surface area (Å²) in [6, 6.07) is 5.64. The fourth-order valence-corrected chi connectivity index (χ4v) is 3.26. The summed E-state index contributed by atoms with van der Waals surface area (Å²) >= 11 is 0. The van der Waals surface area contributed by atoms with Gasteiger partial charge < -0.3 is 24.8 Å². The Morgan fingerprint density at radius 1 is 1.28 bits per heavy atom. The van der Waals surface area contributed by atoms with Crippen molar-refractivity contribution in [2.24, 2.45) is 0 Å². The summed E-state index contributed by atoms with van der Waals surface area (Å²) in [5, 5.41) is 5.83.